The second-order valence-corrected chi connectivity index (χ2v) is 11.4. The van der Waals surface area contributed by atoms with Gasteiger partial charge in [-0.25, -0.2) is 8.42 Å². The number of nitrogens with one attached hydrogen (secondary N) is 1. The highest BCUT2D eigenvalue weighted by molar-refractivity contribution is 7.89. The number of carbonyl (C=O) groups excluding carboxylic acids is 1. The number of rotatable bonds is 5. The van der Waals surface area contributed by atoms with Gasteiger partial charge in [0.25, 0.3) is 0 Å². The highest BCUT2D eigenvalue weighted by Crippen LogP contribution is 2.35. The van der Waals surface area contributed by atoms with Crippen molar-refractivity contribution in [3.63, 3.8) is 0 Å². The van der Waals surface area contributed by atoms with E-state index in [0.29, 0.717) is 51.6 Å². The Morgan fingerprint density at radius 2 is 2.06 bits per heavy atom. The van der Waals surface area contributed by atoms with E-state index in [4.69, 9.17) is 16.1 Å². The maximum absolute atomic E-state index is 13.4. The van der Waals surface area contributed by atoms with E-state index in [1.54, 1.807) is 32.0 Å². The van der Waals surface area contributed by atoms with Gasteiger partial charge in [0.2, 0.25) is 27.6 Å². The molecule has 8 nitrogen and oxygen atoms in total. The van der Waals surface area contributed by atoms with Crippen molar-refractivity contribution in [2.75, 3.05) is 18.4 Å². The molecule has 4 rings (SSSR count). The molecule has 1 aliphatic heterocycles. The lowest BCUT2D eigenvalue weighted by Gasteiger charge is -2.31. The van der Waals surface area contributed by atoms with Gasteiger partial charge in [-0.1, -0.05) is 22.8 Å². The summed E-state index contributed by atoms with van der Waals surface area (Å²) in [5.74, 6) is 0.117. The van der Waals surface area contributed by atoms with Crippen molar-refractivity contribution in [1.82, 2.24) is 14.4 Å². The van der Waals surface area contributed by atoms with Gasteiger partial charge in [0.1, 0.15) is 0 Å². The summed E-state index contributed by atoms with van der Waals surface area (Å²) in [5.41, 5.74) is 1.51. The molecule has 0 bridgehead atoms. The zero-order valence-corrected chi connectivity index (χ0v) is 20.3. The summed E-state index contributed by atoms with van der Waals surface area (Å²) >= 11 is 7.44. The lowest BCUT2D eigenvalue weighted by molar-refractivity contribution is -0.120. The Morgan fingerprint density at radius 3 is 2.75 bits per heavy atom. The summed E-state index contributed by atoms with van der Waals surface area (Å²) in [7, 11) is -3.77. The molecule has 1 saturated heterocycles. The van der Waals surface area contributed by atoms with Crippen LogP contribution in [-0.4, -0.2) is 41.9 Å². The minimum Gasteiger partial charge on any atom is -0.339 e. The Bertz CT molecular complexity index is 1270. The zero-order valence-electron chi connectivity index (χ0n) is 17.9. The van der Waals surface area contributed by atoms with Crippen LogP contribution in [0.5, 0.6) is 0 Å². The molecule has 1 N–H and O–H groups in total. The van der Waals surface area contributed by atoms with Crippen molar-refractivity contribution in [2.24, 2.45) is 5.92 Å². The Labute approximate surface area is 195 Å². The molecule has 32 heavy (non-hydrogen) atoms. The second kappa shape index (κ2) is 8.93. The standard InChI is InChI=1S/C21H23ClN4O4S2/c1-12-6-7-16(9-17(12)22)24-21(27)15-5-4-8-26(11-15)32(28,29)19-10-18(31-13(19)2)20-23-14(3)30-25-20/h6-7,9-10,15H,4-5,8,11H2,1-3H3,(H,24,27)/t15-/m0/s1. The molecule has 1 aromatic carbocycles. The average molecular weight is 495 g/mol. The molecule has 3 heterocycles. The Kier molecular flexibility index (Phi) is 6.39. The van der Waals surface area contributed by atoms with E-state index >= 15 is 0 Å². The molecule has 0 unspecified atom stereocenters. The number of aryl methyl sites for hydroxylation is 3. The third-order valence-corrected chi connectivity index (χ3v) is 9.01. The summed E-state index contributed by atoms with van der Waals surface area (Å²) in [4.78, 5) is 18.5. The van der Waals surface area contributed by atoms with Gasteiger partial charge in [-0.3, -0.25) is 4.79 Å². The number of hydrogen-bond donors (Lipinski definition) is 1. The van der Waals surface area contributed by atoms with Gasteiger partial charge < -0.3 is 9.84 Å². The third-order valence-electron chi connectivity index (χ3n) is 5.43. The van der Waals surface area contributed by atoms with Gasteiger partial charge in [-0.05, 0) is 50.5 Å². The number of halogens is 1. The number of sulfonamides is 1. The van der Waals surface area contributed by atoms with Crippen LogP contribution < -0.4 is 5.32 Å². The molecular weight excluding hydrogens is 472 g/mol. The smallest absolute Gasteiger partial charge is 0.244 e. The van der Waals surface area contributed by atoms with E-state index in [1.165, 1.54) is 15.6 Å². The van der Waals surface area contributed by atoms with Gasteiger partial charge in [0, 0.05) is 35.6 Å². The highest BCUT2D eigenvalue weighted by Gasteiger charge is 2.35. The van der Waals surface area contributed by atoms with Crippen LogP contribution in [0.1, 0.15) is 29.2 Å². The lowest BCUT2D eigenvalue weighted by atomic mass is 9.98. The largest absolute Gasteiger partial charge is 0.339 e. The van der Waals surface area contributed by atoms with Crippen LogP contribution in [0.15, 0.2) is 33.7 Å². The first kappa shape index (κ1) is 22.9. The number of piperidine rings is 1. The van der Waals surface area contributed by atoms with Gasteiger partial charge in [0.05, 0.1) is 15.7 Å². The monoisotopic (exact) mass is 494 g/mol. The molecule has 1 fully saturated rings. The topological polar surface area (TPSA) is 105 Å². The number of amides is 1. The van der Waals surface area contributed by atoms with E-state index in [1.807, 2.05) is 13.0 Å². The molecule has 170 valence electrons. The fraction of sp³-hybridized carbons (Fsp3) is 0.381. The Morgan fingerprint density at radius 1 is 1.28 bits per heavy atom. The van der Waals surface area contributed by atoms with Crippen LogP contribution in [0.2, 0.25) is 5.02 Å². The molecule has 0 spiro atoms. The van der Waals surface area contributed by atoms with Crippen molar-refractivity contribution in [1.29, 1.82) is 0 Å². The zero-order chi connectivity index (χ0) is 23.0. The minimum absolute atomic E-state index is 0.125. The Balaban J connectivity index is 1.51. The quantitative estimate of drug-likeness (QED) is 0.563. The predicted molar refractivity (Wildman–Crippen MR) is 123 cm³/mol. The van der Waals surface area contributed by atoms with Crippen LogP contribution >= 0.6 is 22.9 Å². The fourth-order valence-electron chi connectivity index (χ4n) is 3.66. The average Bonchev–Trinajstić information content (AvgIpc) is 3.36. The summed E-state index contributed by atoms with van der Waals surface area (Å²) in [6, 6.07) is 6.89. The van der Waals surface area contributed by atoms with Crippen molar-refractivity contribution in [3.05, 3.63) is 45.6 Å². The summed E-state index contributed by atoms with van der Waals surface area (Å²) in [5, 5.41) is 7.30. The number of anilines is 1. The number of carbonyl (C=O) groups is 1. The van der Waals surface area contributed by atoms with Gasteiger partial charge in [-0.15, -0.1) is 11.3 Å². The summed E-state index contributed by atoms with van der Waals surface area (Å²) < 4.78 is 33.2. The molecule has 1 aliphatic rings. The second-order valence-electron chi connectivity index (χ2n) is 7.82. The van der Waals surface area contributed by atoms with E-state index in [2.05, 4.69) is 15.5 Å². The molecule has 0 saturated carbocycles. The van der Waals surface area contributed by atoms with Crippen molar-refractivity contribution >= 4 is 44.6 Å². The van der Waals surface area contributed by atoms with Gasteiger partial charge in [0.15, 0.2) is 0 Å². The van der Waals surface area contributed by atoms with E-state index < -0.39 is 15.9 Å². The van der Waals surface area contributed by atoms with Crippen molar-refractivity contribution < 1.29 is 17.7 Å². The SMILES string of the molecule is Cc1nc(-c2cc(S(=O)(=O)N3CCC[C@H](C(=O)Nc4ccc(C)c(Cl)c4)C3)c(C)s2)no1. The first-order chi connectivity index (χ1) is 15.1. The molecular formula is C21H23ClN4O4S2. The van der Waals surface area contributed by atoms with Crippen LogP contribution in [-0.2, 0) is 14.8 Å². The fourth-order valence-corrected chi connectivity index (χ4v) is 6.85. The molecule has 1 atom stereocenters. The molecule has 2 aromatic heterocycles. The van der Waals surface area contributed by atoms with E-state index in [-0.39, 0.29) is 17.3 Å². The van der Waals surface area contributed by atoms with Gasteiger partial charge in [-0.2, -0.15) is 9.29 Å². The van der Waals surface area contributed by atoms with Crippen molar-refractivity contribution in [3.8, 4) is 10.7 Å². The first-order valence-electron chi connectivity index (χ1n) is 10.1. The number of nitrogens with zero attached hydrogens (tertiary/aromatic N) is 3. The van der Waals surface area contributed by atoms with Crippen LogP contribution in [0, 0.1) is 26.7 Å². The van der Waals surface area contributed by atoms with Crippen LogP contribution in [0.3, 0.4) is 0 Å². The molecule has 0 radical (unpaired) electrons. The maximum Gasteiger partial charge on any atom is 0.244 e. The summed E-state index contributed by atoms with van der Waals surface area (Å²) in [6.07, 6.45) is 1.22. The van der Waals surface area contributed by atoms with Crippen LogP contribution in [0.4, 0.5) is 5.69 Å². The highest BCUT2D eigenvalue weighted by atomic mass is 35.5. The van der Waals surface area contributed by atoms with E-state index in [9.17, 15) is 13.2 Å². The van der Waals surface area contributed by atoms with Gasteiger partial charge >= 0.3 is 0 Å². The predicted octanol–water partition coefficient (Wildman–Crippen LogP) is 4.42. The normalized spacial score (nSPS) is 17.4. The number of thiophene rings is 1. The van der Waals surface area contributed by atoms with Crippen LogP contribution in [0.25, 0.3) is 10.7 Å². The summed E-state index contributed by atoms with van der Waals surface area (Å²) in [6.45, 7) is 5.81. The van der Waals surface area contributed by atoms with E-state index in [0.717, 1.165) is 5.56 Å². The molecule has 1 amide bonds. The number of benzene rings is 1. The number of aromatic nitrogens is 2. The van der Waals surface area contributed by atoms with Crippen molar-refractivity contribution in [2.45, 2.75) is 38.5 Å². The molecule has 0 aliphatic carbocycles. The number of hydrogen-bond acceptors (Lipinski definition) is 7. The third kappa shape index (κ3) is 4.59. The Hall–Kier alpha value is -2.27. The molecule has 11 heteroatoms. The maximum atomic E-state index is 13.4. The lowest BCUT2D eigenvalue weighted by Crippen LogP contribution is -2.43. The minimum atomic E-state index is -3.77. The molecule has 3 aromatic rings. The first-order valence-corrected chi connectivity index (χ1v) is 12.8.